The van der Waals surface area contributed by atoms with Gasteiger partial charge in [-0.3, -0.25) is 0 Å². The fourth-order valence-corrected chi connectivity index (χ4v) is 4.80. The molecule has 0 atom stereocenters. The Kier molecular flexibility index (Phi) is 8.70. The summed E-state index contributed by atoms with van der Waals surface area (Å²) in [6.07, 6.45) is 7.79. The molecular formula is C31H30F4O2. The molecule has 2 nitrogen and oxygen atoms in total. The molecule has 0 amide bonds. The zero-order chi connectivity index (χ0) is 26.4. The molecular weight excluding hydrogens is 480 g/mol. The van der Waals surface area contributed by atoms with Gasteiger partial charge in [0.1, 0.15) is 12.4 Å². The number of hydrogen-bond acceptors (Lipinski definition) is 2. The largest absolute Gasteiger partial charge is 0.494 e. The fraction of sp³-hybridized carbons (Fsp3) is 0.290. The predicted molar refractivity (Wildman–Crippen MR) is 139 cm³/mol. The first-order chi connectivity index (χ1) is 17.9. The summed E-state index contributed by atoms with van der Waals surface area (Å²) in [5, 5.41) is 0. The average Bonchev–Trinajstić information content (AvgIpc) is 2.92. The van der Waals surface area contributed by atoms with E-state index in [4.69, 9.17) is 9.47 Å². The fourth-order valence-electron chi connectivity index (χ4n) is 4.80. The minimum atomic E-state index is -0.979. The Morgan fingerprint density at radius 3 is 2.22 bits per heavy atom. The van der Waals surface area contributed by atoms with Crippen molar-refractivity contribution in [3.05, 3.63) is 102 Å². The van der Waals surface area contributed by atoms with E-state index < -0.39 is 23.3 Å². The summed E-state index contributed by atoms with van der Waals surface area (Å²) in [7, 11) is 0. The van der Waals surface area contributed by atoms with Gasteiger partial charge >= 0.3 is 0 Å². The summed E-state index contributed by atoms with van der Waals surface area (Å²) in [5.41, 5.74) is 1.28. The van der Waals surface area contributed by atoms with Gasteiger partial charge in [-0.2, -0.15) is 4.39 Å². The third-order valence-electron chi connectivity index (χ3n) is 6.78. The van der Waals surface area contributed by atoms with Crippen molar-refractivity contribution in [2.75, 3.05) is 13.2 Å². The molecule has 0 aromatic heterocycles. The highest BCUT2D eigenvalue weighted by molar-refractivity contribution is 5.67. The number of halogens is 4. The first-order valence-electron chi connectivity index (χ1n) is 12.5. The van der Waals surface area contributed by atoms with Crippen molar-refractivity contribution in [2.45, 2.75) is 38.5 Å². The van der Waals surface area contributed by atoms with Crippen LogP contribution in [0.5, 0.6) is 11.5 Å². The van der Waals surface area contributed by atoms with Crippen molar-refractivity contribution < 1.29 is 27.0 Å². The van der Waals surface area contributed by atoms with E-state index in [9.17, 15) is 17.6 Å². The molecule has 6 heteroatoms. The molecule has 3 aromatic carbocycles. The molecule has 0 spiro atoms. The van der Waals surface area contributed by atoms with Gasteiger partial charge in [0.15, 0.2) is 23.2 Å². The topological polar surface area (TPSA) is 18.5 Å². The van der Waals surface area contributed by atoms with E-state index >= 15 is 0 Å². The molecule has 1 aliphatic rings. The first-order valence-corrected chi connectivity index (χ1v) is 12.5. The molecule has 1 saturated carbocycles. The molecule has 37 heavy (non-hydrogen) atoms. The Hall–Kier alpha value is -3.54. The summed E-state index contributed by atoms with van der Waals surface area (Å²) < 4.78 is 69.3. The van der Waals surface area contributed by atoms with Crippen LogP contribution in [0.15, 0.2) is 67.3 Å². The first kappa shape index (κ1) is 26.5. The van der Waals surface area contributed by atoms with Crippen LogP contribution in [-0.2, 0) is 0 Å². The molecule has 194 valence electrons. The molecule has 0 radical (unpaired) electrons. The summed E-state index contributed by atoms with van der Waals surface area (Å²) in [4.78, 5) is 0. The van der Waals surface area contributed by atoms with Crippen LogP contribution in [-0.4, -0.2) is 13.2 Å². The maximum absolute atomic E-state index is 14.8. The van der Waals surface area contributed by atoms with Gasteiger partial charge in [-0.05, 0) is 73.8 Å². The Labute approximate surface area is 215 Å². The molecule has 0 N–H and O–H groups in total. The average molecular weight is 511 g/mol. The van der Waals surface area contributed by atoms with Crippen molar-refractivity contribution in [3.63, 3.8) is 0 Å². The van der Waals surface area contributed by atoms with Crippen LogP contribution < -0.4 is 9.47 Å². The van der Waals surface area contributed by atoms with Gasteiger partial charge in [-0.1, -0.05) is 55.1 Å². The zero-order valence-electron chi connectivity index (χ0n) is 20.8. The van der Waals surface area contributed by atoms with Gasteiger partial charge in [0.05, 0.1) is 6.61 Å². The number of benzene rings is 3. The highest BCUT2D eigenvalue weighted by Gasteiger charge is 2.26. The lowest BCUT2D eigenvalue weighted by Crippen LogP contribution is -2.14. The lowest BCUT2D eigenvalue weighted by molar-refractivity contribution is 0.326. The number of allylic oxidation sites excluding steroid dienone is 1. The second-order valence-corrected chi connectivity index (χ2v) is 9.14. The monoisotopic (exact) mass is 510 g/mol. The lowest BCUT2D eigenvalue weighted by Gasteiger charge is -2.27. The smallest absolute Gasteiger partial charge is 0.200 e. The zero-order valence-corrected chi connectivity index (χ0v) is 20.8. The third kappa shape index (κ3) is 6.07. The van der Waals surface area contributed by atoms with E-state index in [0.717, 1.165) is 12.8 Å². The SMILES string of the molecule is C=CCOc1ccc(C2CCC(/C=C/c3ccc(-c4ccc(OCC)cc4)c(F)c3F)CC2)c(F)c1F. The summed E-state index contributed by atoms with van der Waals surface area (Å²) in [5.74, 6) is -3.05. The van der Waals surface area contributed by atoms with Gasteiger partial charge in [-0.25, -0.2) is 13.2 Å². The van der Waals surface area contributed by atoms with Gasteiger partial charge in [0, 0.05) is 11.1 Å². The van der Waals surface area contributed by atoms with Gasteiger partial charge in [0.2, 0.25) is 5.82 Å². The molecule has 0 saturated heterocycles. The summed E-state index contributed by atoms with van der Waals surface area (Å²) >= 11 is 0. The van der Waals surface area contributed by atoms with Crippen molar-refractivity contribution in [2.24, 2.45) is 5.92 Å². The maximum atomic E-state index is 14.8. The van der Waals surface area contributed by atoms with Crippen LogP contribution in [0.1, 0.15) is 49.7 Å². The predicted octanol–water partition coefficient (Wildman–Crippen LogP) is 8.86. The lowest BCUT2D eigenvalue weighted by atomic mass is 9.78. The number of hydrogen-bond donors (Lipinski definition) is 0. The molecule has 0 bridgehead atoms. The molecule has 4 rings (SSSR count). The Morgan fingerprint density at radius 2 is 1.54 bits per heavy atom. The van der Waals surface area contributed by atoms with E-state index in [1.165, 1.54) is 12.1 Å². The molecule has 1 aliphatic carbocycles. The quantitative estimate of drug-likeness (QED) is 0.211. The normalized spacial score (nSPS) is 17.6. The second-order valence-electron chi connectivity index (χ2n) is 9.14. The van der Waals surface area contributed by atoms with Crippen LogP contribution in [0.2, 0.25) is 0 Å². The number of ether oxygens (including phenoxy) is 2. The van der Waals surface area contributed by atoms with Crippen molar-refractivity contribution in [1.82, 2.24) is 0 Å². The summed E-state index contributed by atoms with van der Waals surface area (Å²) in [6, 6.07) is 13.0. The minimum Gasteiger partial charge on any atom is -0.494 e. The Bertz CT molecular complexity index is 1260. The van der Waals surface area contributed by atoms with Crippen LogP contribution in [0.4, 0.5) is 17.6 Å². The van der Waals surface area contributed by atoms with Gasteiger partial charge in [-0.15, -0.1) is 0 Å². The molecule has 0 unspecified atom stereocenters. The summed E-state index contributed by atoms with van der Waals surface area (Å²) in [6.45, 7) is 6.01. The maximum Gasteiger partial charge on any atom is 0.200 e. The van der Waals surface area contributed by atoms with E-state index in [2.05, 4.69) is 6.58 Å². The molecule has 0 heterocycles. The van der Waals surface area contributed by atoms with Crippen molar-refractivity contribution in [3.8, 4) is 22.6 Å². The highest BCUT2D eigenvalue weighted by atomic mass is 19.2. The van der Waals surface area contributed by atoms with E-state index in [1.807, 2.05) is 13.0 Å². The van der Waals surface area contributed by atoms with E-state index in [0.29, 0.717) is 36.3 Å². The Balaban J connectivity index is 1.40. The minimum absolute atomic E-state index is 0.0991. The van der Waals surface area contributed by atoms with Crippen molar-refractivity contribution >= 4 is 6.08 Å². The van der Waals surface area contributed by atoms with Crippen LogP contribution in [0, 0.1) is 29.2 Å². The molecule has 3 aromatic rings. The third-order valence-corrected chi connectivity index (χ3v) is 6.78. The van der Waals surface area contributed by atoms with Crippen LogP contribution >= 0.6 is 0 Å². The van der Waals surface area contributed by atoms with Gasteiger partial charge in [0.25, 0.3) is 0 Å². The van der Waals surface area contributed by atoms with Gasteiger partial charge < -0.3 is 9.47 Å². The second kappa shape index (κ2) is 12.1. The van der Waals surface area contributed by atoms with Crippen LogP contribution in [0.25, 0.3) is 17.2 Å². The van der Waals surface area contributed by atoms with Crippen molar-refractivity contribution in [1.29, 1.82) is 0 Å². The Morgan fingerprint density at radius 1 is 0.811 bits per heavy atom. The molecule has 1 fully saturated rings. The molecule has 0 aliphatic heterocycles. The number of rotatable bonds is 9. The standard InChI is InChI=1S/C31H30F4O2/c1-3-19-37-27-18-17-26(30(34)31(27)35)21-8-5-20(6-9-21)7-10-23-13-16-25(29(33)28(23)32)22-11-14-24(15-12-22)36-4-2/h3,7,10-18,20-21H,1,4-6,8-9,19H2,2H3/b10-7+. The van der Waals surface area contributed by atoms with E-state index in [-0.39, 0.29) is 35.3 Å². The van der Waals surface area contributed by atoms with E-state index in [1.54, 1.807) is 48.5 Å². The van der Waals surface area contributed by atoms with Crippen LogP contribution in [0.3, 0.4) is 0 Å². The highest BCUT2D eigenvalue weighted by Crippen LogP contribution is 2.39.